The second-order valence-corrected chi connectivity index (χ2v) is 10.5. The van der Waals surface area contributed by atoms with Gasteiger partial charge in [-0.25, -0.2) is 14.2 Å². The van der Waals surface area contributed by atoms with Gasteiger partial charge in [0.1, 0.15) is 11.4 Å². The number of nitrogens with one attached hydrogen (secondary N) is 1. The lowest BCUT2D eigenvalue weighted by molar-refractivity contribution is -0.256. The first-order valence-corrected chi connectivity index (χ1v) is 12.6. The third-order valence-electron chi connectivity index (χ3n) is 6.22. The van der Waals surface area contributed by atoms with Crippen LogP contribution in [0, 0.1) is 5.82 Å². The quantitative estimate of drug-likeness (QED) is 0.297. The standard InChI is InChI=1S/C27H25F7N4O5/c1-24(2,3)43-23(39)35-17-12-15(26(29,30)31)19-18(41-4)8-6-5-7-13-9-10-16(28)14(11-13)25(40,27(32,33)34)22-38-37-21(42-22)20(17)36-19/h5,7,9-12,18,40H,6,8H2,1-4H3,(H,35,39)/b7-5-. The number of halogens is 7. The zero-order chi connectivity index (χ0) is 32.0. The van der Waals surface area contributed by atoms with Crippen LogP contribution in [-0.4, -0.2) is 45.3 Å². The van der Waals surface area contributed by atoms with E-state index < -0.39 is 81.6 Å². The van der Waals surface area contributed by atoms with Crippen molar-refractivity contribution < 1.29 is 54.5 Å². The van der Waals surface area contributed by atoms with Crippen LogP contribution < -0.4 is 5.32 Å². The second kappa shape index (κ2) is 11.2. The minimum atomic E-state index is -5.62. The summed E-state index contributed by atoms with van der Waals surface area (Å²) in [5.74, 6) is -3.94. The summed E-state index contributed by atoms with van der Waals surface area (Å²) in [4.78, 5) is 16.5. The van der Waals surface area contributed by atoms with Crippen molar-refractivity contribution >= 4 is 17.9 Å². The molecule has 0 spiro atoms. The van der Waals surface area contributed by atoms with E-state index in [4.69, 9.17) is 13.9 Å². The van der Waals surface area contributed by atoms with Crippen LogP contribution in [0.2, 0.25) is 0 Å². The van der Waals surface area contributed by atoms with Gasteiger partial charge in [0, 0.05) is 12.7 Å². The Morgan fingerprint density at radius 3 is 2.42 bits per heavy atom. The molecule has 9 nitrogen and oxygen atoms in total. The molecule has 3 aromatic rings. The molecule has 1 amide bonds. The average Bonchev–Trinajstić information content (AvgIpc) is 3.37. The Hall–Kier alpha value is -4.05. The summed E-state index contributed by atoms with van der Waals surface area (Å²) in [6.45, 7) is 4.45. The molecule has 16 heteroatoms. The van der Waals surface area contributed by atoms with Crippen molar-refractivity contribution in [2.45, 2.75) is 63.3 Å². The van der Waals surface area contributed by atoms with E-state index in [1.807, 2.05) is 0 Å². The number of hydrogen-bond acceptors (Lipinski definition) is 8. The van der Waals surface area contributed by atoms with Gasteiger partial charge >= 0.3 is 18.4 Å². The summed E-state index contributed by atoms with van der Waals surface area (Å²) in [5.41, 5.74) is -9.96. The molecule has 2 unspecified atom stereocenters. The first kappa shape index (κ1) is 31.9. The summed E-state index contributed by atoms with van der Waals surface area (Å²) in [6.07, 6.45) is -10.5. The van der Waals surface area contributed by atoms with E-state index in [2.05, 4.69) is 20.5 Å². The molecule has 1 aromatic carbocycles. The van der Waals surface area contributed by atoms with Crippen LogP contribution in [0.1, 0.15) is 68.0 Å². The first-order chi connectivity index (χ1) is 19.8. The summed E-state index contributed by atoms with van der Waals surface area (Å²) >= 11 is 0. The van der Waals surface area contributed by atoms with Gasteiger partial charge in [0.2, 0.25) is 0 Å². The Balaban J connectivity index is 2.04. The molecule has 0 saturated carbocycles. The highest BCUT2D eigenvalue weighted by atomic mass is 19.4. The number of carbonyl (C=O) groups is 1. The molecule has 0 fully saturated rings. The van der Waals surface area contributed by atoms with Crippen molar-refractivity contribution in [2.75, 3.05) is 12.4 Å². The molecule has 1 aliphatic heterocycles. The van der Waals surface area contributed by atoms with E-state index in [9.17, 15) is 40.6 Å². The fourth-order valence-corrected chi connectivity index (χ4v) is 4.28. The third kappa shape index (κ3) is 6.49. The van der Waals surface area contributed by atoms with Gasteiger partial charge in [0.25, 0.3) is 17.4 Å². The number of amides is 1. The van der Waals surface area contributed by atoms with E-state index in [1.54, 1.807) is 0 Å². The molecule has 3 heterocycles. The number of anilines is 1. The van der Waals surface area contributed by atoms with E-state index in [-0.39, 0.29) is 18.4 Å². The highest BCUT2D eigenvalue weighted by Crippen LogP contribution is 2.46. The number of nitrogens with zero attached hydrogens (tertiary/aromatic N) is 3. The highest BCUT2D eigenvalue weighted by Gasteiger charge is 2.61. The second-order valence-electron chi connectivity index (χ2n) is 10.5. The monoisotopic (exact) mass is 618 g/mol. The van der Waals surface area contributed by atoms with Gasteiger partial charge in [-0.05, 0) is 57.4 Å². The fraction of sp³-hybridized carbons (Fsp3) is 0.407. The third-order valence-corrected chi connectivity index (χ3v) is 6.22. The number of allylic oxidation sites excluding steroid dienone is 1. The molecule has 4 rings (SSSR count). The Labute approximate surface area is 239 Å². The van der Waals surface area contributed by atoms with Gasteiger partial charge in [0.15, 0.2) is 5.69 Å². The largest absolute Gasteiger partial charge is 0.444 e. The topological polar surface area (TPSA) is 120 Å². The van der Waals surface area contributed by atoms with Gasteiger partial charge in [-0.15, -0.1) is 10.2 Å². The van der Waals surface area contributed by atoms with Gasteiger partial charge in [-0.2, -0.15) is 26.3 Å². The van der Waals surface area contributed by atoms with E-state index >= 15 is 0 Å². The maximum Gasteiger partial charge on any atom is 0.430 e. The van der Waals surface area contributed by atoms with E-state index in [0.29, 0.717) is 12.1 Å². The summed E-state index contributed by atoms with van der Waals surface area (Å²) in [6, 6.07) is 3.04. The van der Waals surface area contributed by atoms with Gasteiger partial charge in [-0.3, -0.25) is 5.32 Å². The van der Waals surface area contributed by atoms with Crippen molar-refractivity contribution in [3.05, 3.63) is 64.4 Å². The number of rotatable bonds is 2. The molecule has 232 valence electrons. The minimum Gasteiger partial charge on any atom is -0.444 e. The number of fused-ring (bicyclic) bond motifs is 7. The normalized spacial score (nSPS) is 20.1. The Bertz CT molecular complexity index is 1550. The fourth-order valence-electron chi connectivity index (χ4n) is 4.28. The van der Waals surface area contributed by atoms with Crippen LogP contribution in [-0.2, 0) is 21.3 Å². The molecule has 2 atom stereocenters. The molecular weight excluding hydrogens is 593 g/mol. The molecule has 1 aliphatic rings. The molecular formula is C27H25F7N4O5. The van der Waals surface area contributed by atoms with E-state index in [1.165, 1.54) is 32.9 Å². The lowest BCUT2D eigenvalue weighted by Gasteiger charge is -2.28. The summed E-state index contributed by atoms with van der Waals surface area (Å²) < 4.78 is 116. The molecule has 0 saturated heterocycles. The predicted octanol–water partition coefficient (Wildman–Crippen LogP) is 6.93. The smallest absolute Gasteiger partial charge is 0.430 e. The first-order valence-electron chi connectivity index (χ1n) is 12.6. The molecule has 2 N–H and O–H groups in total. The van der Waals surface area contributed by atoms with Crippen LogP contribution in [0.3, 0.4) is 0 Å². The van der Waals surface area contributed by atoms with Crippen LogP contribution in [0.5, 0.6) is 0 Å². The van der Waals surface area contributed by atoms with Crippen molar-refractivity contribution in [2.24, 2.45) is 0 Å². The van der Waals surface area contributed by atoms with Crippen LogP contribution in [0.4, 0.5) is 41.2 Å². The van der Waals surface area contributed by atoms with Crippen molar-refractivity contribution in [3.8, 4) is 11.6 Å². The number of hydrogen-bond donors (Lipinski definition) is 2. The summed E-state index contributed by atoms with van der Waals surface area (Å²) in [7, 11) is 1.14. The maximum absolute atomic E-state index is 14.8. The van der Waals surface area contributed by atoms with Gasteiger partial charge in [-0.1, -0.05) is 18.2 Å². The maximum atomic E-state index is 14.8. The number of aromatic nitrogens is 3. The molecule has 43 heavy (non-hydrogen) atoms. The SMILES string of the molecule is COC1CC/C=C\c2ccc(F)c(c2)C(O)(C(F)(F)F)c2nnc(o2)-c2nc1c(C(F)(F)F)cc2NC(=O)OC(C)(C)C. The number of pyridine rings is 1. The van der Waals surface area contributed by atoms with Crippen molar-refractivity contribution in [1.82, 2.24) is 15.2 Å². The van der Waals surface area contributed by atoms with Crippen molar-refractivity contribution in [1.29, 1.82) is 0 Å². The Morgan fingerprint density at radius 1 is 1.12 bits per heavy atom. The Morgan fingerprint density at radius 2 is 1.81 bits per heavy atom. The van der Waals surface area contributed by atoms with Crippen LogP contribution >= 0.6 is 0 Å². The number of ether oxygens (including phenoxy) is 2. The number of carbonyl (C=O) groups excluding carboxylic acids is 1. The minimum absolute atomic E-state index is 0.0289. The summed E-state index contributed by atoms with van der Waals surface area (Å²) in [5, 5.41) is 19.8. The van der Waals surface area contributed by atoms with Crippen molar-refractivity contribution in [3.63, 3.8) is 0 Å². The lowest BCUT2D eigenvalue weighted by atomic mass is 9.90. The lowest BCUT2D eigenvalue weighted by Crippen LogP contribution is -2.44. The molecule has 2 aromatic heterocycles. The zero-order valence-corrected chi connectivity index (χ0v) is 23.0. The number of benzene rings is 1. The van der Waals surface area contributed by atoms with Gasteiger partial charge in [0.05, 0.1) is 23.0 Å². The highest BCUT2D eigenvalue weighted by molar-refractivity contribution is 5.89. The van der Waals surface area contributed by atoms with Crippen LogP contribution in [0.25, 0.3) is 17.7 Å². The predicted molar refractivity (Wildman–Crippen MR) is 136 cm³/mol. The average molecular weight is 619 g/mol. The number of aliphatic hydroxyl groups is 1. The van der Waals surface area contributed by atoms with E-state index in [0.717, 1.165) is 19.2 Å². The zero-order valence-electron chi connectivity index (χ0n) is 23.0. The molecule has 0 aliphatic carbocycles. The molecule has 6 bridgehead atoms. The number of alkyl halides is 6. The Kier molecular flexibility index (Phi) is 8.32. The number of methoxy groups -OCH3 is 1. The van der Waals surface area contributed by atoms with Crippen LogP contribution in [0.15, 0.2) is 34.8 Å². The van der Waals surface area contributed by atoms with Gasteiger partial charge < -0.3 is 19.0 Å². The molecule has 0 radical (unpaired) electrons.